The molecule has 0 aliphatic heterocycles. The minimum absolute atomic E-state index is 0.366. The van der Waals surface area contributed by atoms with E-state index in [1.165, 1.54) is 0 Å². The van der Waals surface area contributed by atoms with E-state index in [1.807, 2.05) is 6.92 Å². The zero-order valence-electron chi connectivity index (χ0n) is 17.9. The van der Waals surface area contributed by atoms with Crippen LogP contribution in [0.5, 0.6) is 5.75 Å². The number of carboxylic acids is 2. The van der Waals surface area contributed by atoms with Crippen molar-refractivity contribution in [2.75, 3.05) is 6.61 Å². The van der Waals surface area contributed by atoms with Gasteiger partial charge in [0.05, 0.1) is 18.4 Å². The smallest absolute Gasteiger partial charge is 0.311 e. The van der Waals surface area contributed by atoms with E-state index in [2.05, 4.69) is 27.7 Å². The van der Waals surface area contributed by atoms with Crippen LogP contribution in [0.1, 0.15) is 89.7 Å². The summed E-state index contributed by atoms with van der Waals surface area (Å²) in [5.74, 6) is -2.10. The van der Waals surface area contributed by atoms with Crippen molar-refractivity contribution < 1.29 is 24.5 Å². The van der Waals surface area contributed by atoms with Crippen molar-refractivity contribution in [1.82, 2.24) is 0 Å². The summed E-state index contributed by atoms with van der Waals surface area (Å²) in [7, 11) is 0. The van der Waals surface area contributed by atoms with E-state index in [-0.39, 0.29) is 0 Å². The van der Waals surface area contributed by atoms with Crippen LogP contribution < -0.4 is 4.74 Å². The summed E-state index contributed by atoms with van der Waals surface area (Å²) in [6.45, 7) is 10.7. The Morgan fingerprint density at radius 1 is 0.893 bits per heavy atom. The SMILES string of the molecule is CCCOc1cccc(C(CCC(C)C)C(=O)O)c1C(CCC(C)C)C(=O)O. The molecule has 2 N–H and O–H groups in total. The highest BCUT2D eigenvalue weighted by molar-refractivity contribution is 5.82. The zero-order valence-corrected chi connectivity index (χ0v) is 17.9. The minimum atomic E-state index is -0.928. The molecule has 5 heteroatoms. The van der Waals surface area contributed by atoms with Crippen LogP contribution in [0.2, 0.25) is 0 Å². The van der Waals surface area contributed by atoms with Gasteiger partial charge in [-0.2, -0.15) is 0 Å². The quantitative estimate of drug-likeness (QED) is 0.451. The molecule has 0 aromatic heterocycles. The Kier molecular flexibility index (Phi) is 10.0. The lowest BCUT2D eigenvalue weighted by Crippen LogP contribution is -2.21. The number of carbonyl (C=O) groups is 2. The third-order valence-electron chi connectivity index (χ3n) is 4.95. The van der Waals surface area contributed by atoms with Crippen LogP contribution in [0.15, 0.2) is 18.2 Å². The first kappa shape index (κ1) is 24.0. The highest BCUT2D eigenvalue weighted by Gasteiger charge is 2.32. The van der Waals surface area contributed by atoms with Gasteiger partial charge in [0.15, 0.2) is 0 Å². The first-order chi connectivity index (χ1) is 13.2. The standard InChI is InChI=1S/C23H36O5/c1-6-14-28-20-9-7-8-17(18(22(24)25)12-10-15(2)3)21(20)19(23(26)27)13-11-16(4)5/h7-9,15-16,18-19H,6,10-14H2,1-5H3,(H,24,25)(H,26,27). The molecule has 5 nitrogen and oxygen atoms in total. The van der Waals surface area contributed by atoms with Gasteiger partial charge in [-0.3, -0.25) is 9.59 Å². The normalized spacial score (nSPS) is 13.5. The Hall–Kier alpha value is -2.04. The van der Waals surface area contributed by atoms with Gasteiger partial charge in [-0.25, -0.2) is 0 Å². The van der Waals surface area contributed by atoms with Crippen LogP contribution in [0.25, 0.3) is 0 Å². The van der Waals surface area contributed by atoms with Crippen LogP contribution in [0.4, 0.5) is 0 Å². The second kappa shape index (κ2) is 11.7. The van der Waals surface area contributed by atoms with Crippen molar-refractivity contribution in [3.63, 3.8) is 0 Å². The summed E-state index contributed by atoms with van der Waals surface area (Å²) in [5.41, 5.74) is 1.12. The van der Waals surface area contributed by atoms with E-state index >= 15 is 0 Å². The Labute approximate surface area is 169 Å². The topological polar surface area (TPSA) is 83.8 Å². The Balaban J connectivity index is 3.47. The number of benzene rings is 1. The number of hydrogen-bond acceptors (Lipinski definition) is 3. The second-order valence-corrected chi connectivity index (χ2v) is 8.33. The van der Waals surface area contributed by atoms with Gasteiger partial charge in [0.25, 0.3) is 0 Å². The van der Waals surface area contributed by atoms with Crippen LogP contribution in [-0.2, 0) is 9.59 Å². The van der Waals surface area contributed by atoms with E-state index in [4.69, 9.17) is 4.74 Å². The maximum Gasteiger partial charge on any atom is 0.311 e. The molecular formula is C23H36O5. The molecule has 28 heavy (non-hydrogen) atoms. The largest absolute Gasteiger partial charge is 0.493 e. The summed E-state index contributed by atoms with van der Waals surface area (Å²) in [5, 5.41) is 19.8. The molecule has 2 atom stereocenters. The Bertz CT molecular complexity index is 636. The maximum atomic E-state index is 12.1. The predicted octanol–water partition coefficient (Wildman–Crippen LogP) is 5.68. The van der Waals surface area contributed by atoms with Crippen molar-refractivity contribution in [1.29, 1.82) is 0 Å². The van der Waals surface area contributed by atoms with Crippen molar-refractivity contribution >= 4 is 11.9 Å². The van der Waals surface area contributed by atoms with Gasteiger partial charge >= 0.3 is 11.9 Å². The fraction of sp³-hybridized carbons (Fsp3) is 0.652. The lowest BCUT2D eigenvalue weighted by atomic mass is 9.81. The van der Waals surface area contributed by atoms with E-state index in [9.17, 15) is 19.8 Å². The minimum Gasteiger partial charge on any atom is -0.493 e. The van der Waals surface area contributed by atoms with Gasteiger partial charge in [-0.1, -0.05) is 46.8 Å². The van der Waals surface area contributed by atoms with Crippen LogP contribution in [0, 0.1) is 11.8 Å². The van der Waals surface area contributed by atoms with E-state index in [0.717, 1.165) is 19.3 Å². The average molecular weight is 393 g/mol. The molecule has 1 aromatic carbocycles. The maximum absolute atomic E-state index is 12.1. The highest BCUT2D eigenvalue weighted by Crippen LogP contribution is 2.39. The van der Waals surface area contributed by atoms with Crippen molar-refractivity contribution in [2.45, 2.75) is 78.6 Å². The van der Waals surface area contributed by atoms with Gasteiger partial charge in [0, 0.05) is 5.56 Å². The molecule has 158 valence electrons. The molecule has 0 fully saturated rings. The van der Waals surface area contributed by atoms with Crippen molar-refractivity contribution in [3.8, 4) is 5.75 Å². The molecule has 0 aliphatic rings. The number of hydrogen-bond donors (Lipinski definition) is 2. The first-order valence-corrected chi connectivity index (χ1v) is 10.4. The van der Waals surface area contributed by atoms with Gasteiger partial charge in [-0.15, -0.1) is 0 Å². The third-order valence-corrected chi connectivity index (χ3v) is 4.95. The molecule has 0 heterocycles. The molecule has 0 saturated carbocycles. The first-order valence-electron chi connectivity index (χ1n) is 10.4. The fourth-order valence-electron chi connectivity index (χ4n) is 3.38. The van der Waals surface area contributed by atoms with Crippen molar-refractivity contribution in [2.24, 2.45) is 11.8 Å². The van der Waals surface area contributed by atoms with Gasteiger partial charge in [0.2, 0.25) is 0 Å². The van der Waals surface area contributed by atoms with E-state index in [1.54, 1.807) is 18.2 Å². The molecule has 0 radical (unpaired) electrons. The summed E-state index contributed by atoms with van der Waals surface area (Å²) in [6.07, 6.45) is 3.25. The summed E-state index contributed by atoms with van der Waals surface area (Å²) in [6, 6.07) is 5.30. The average Bonchev–Trinajstić information content (AvgIpc) is 2.60. The number of rotatable bonds is 13. The number of ether oxygens (including phenoxy) is 1. The van der Waals surface area contributed by atoms with Crippen molar-refractivity contribution in [3.05, 3.63) is 29.3 Å². The van der Waals surface area contributed by atoms with Crippen LogP contribution >= 0.6 is 0 Å². The van der Waals surface area contributed by atoms with Gasteiger partial charge in [0.1, 0.15) is 5.75 Å². The molecule has 1 rings (SSSR count). The van der Waals surface area contributed by atoms with E-state index in [0.29, 0.717) is 48.2 Å². The van der Waals surface area contributed by atoms with Gasteiger partial charge < -0.3 is 14.9 Å². The number of carboxylic acid groups (broad SMARTS) is 2. The molecule has 0 saturated heterocycles. The summed E-state index contributed by atoms with van der Waals surface area (Å²) < 4.78 is 5.86. The monoisotopic (exact) mass is 392 g/mol. The molecule has 2 unspecified atom stereocenters. The van der Waals surface area contributed by atoms with Crippen LogP contribution in [0.3, 0.4) is 0 Å². The molecule has 1 aromatic rings. The summed E-state index contributed by atoms with van der Waals surface area (Å²) >= 11 is 0. The highest BCUT2D eigenvalue weighted by atomic mass is 16.5. The second-order valence-electron chi connectivity index (χ2n) is 8.33. The Morgan fingerprint density at radius 3 is 1.89 bits per heavy atom. The van der Waals surface area contributed by atoms with E-state index < -0.39 is 23.8 Å². The molecule has 0 bridgehead atoms. The lowest BCUT2D eigenvalue weighted by molar-refractivity contribution is -0.140. The van der Waals surface area contributed by atoms with Crippen LogP contribution in [-0.4, -0.2) is 28.8 Å². The molecule has 0 amide bonds. The zero-order chi connectivity index (χ0) is 21.3. The summed E-state index contributed by atoms with van der Waals surface area (Å²) in [4.78, 5) is 24.2. The van der Waals surface area contributed by atoms with Gasteiger partial charge in [-0.05, 0) is 55.6 Å². The Morgan fingerprint density at radius 2 is 1.43 bits per heavy atom. The fourth-order valence-corrected chi connectivity index (χ4v) is 3.38. The third kappa shape index (κ3) is 7.17. The molecular weight excluding hydrogens is 356 g/mol. The molecule has 0 spiro atoms. The predicted molar refractivity (Wildman–Crippen MR) is 111 cm³/mol. The molecule has 0 aliphatic carbocycles. The number of aliphatic carboxylic acids is 2. The lowest BCUT2D eigenvalue weighted by Gasteiger charge is -2.25.